The maximum atomic E-state index is 13.0. The van der Waals surface area contributed by atoms with Crippen LogP contribution in [0.15, 0.2) is 54.6 Å². The summed E-state index contributed by atoms with van der Waals surface area (Å²) < 4.78 is 13.0. The van der Waals surface area contributed by atoms with Crippen molar-refractivity contribution in [2.75, 3.05) is 5.32 Å². The predicted octanol–water partition coefficient (Wildman–Crippen LogP) is 5.42. The fraction of sp³-hybridized carbons (Fsp3) is 0.190. The Kier molecular flexibility index (Phi) is 3.57. The molecule has 1 fully saturated rings. The summed E-state index contributed by atoms with van der Waals surface area (Å²) in [7, 11) is 0. The number of hydrogen-bond donors (Lipinski definition) is 1. The molecular formula is C21H18FNO. The molecule has 0 saturated heterocycles. The van der Waals surface area contributed by atoms with Crippen molar-refractivity contribution in [1.82, 2.24) is 0 Å². The third-order valence-electron chi connectivity index (χ3n) is 4.67. The smallest absolute Gasteiger partial charge is 0.255 e. The molecule has 0 radical (unpaired) electrons. The molecule has 3 heteroatoms. The minimum absolute atomic E-state index is 0.220. The monoisotopic (exact) mass is 319 g/mol. The quantitative estimate of drug-likeness (QED) is 0.686. The lowest BCUT2D eigenvalue weighted by Crippen LogP contribution is -2.13. The van der Waals surface area contributed by atoms with Gasteiger partial charge in [0.05, 0.1) is 5.69 Å². The molecular weight excluding hydrogens is 301 g/mol. The van der Waals surface area contributed by atoms with Gasteiger partial charge in [0.25, 0.3) is 5.91 Å². The Hall–Kier alpha value is -2.68. The molecule has 0 unspecified atom stereocenters. The Labute approximate surface area is 140 Å². The van der Waals surface area contributed by atoms with E-state index in [-0.39, 0.29) is 11.7 Å². The van der Waals surface area contributed by atoms with Crippen LogP contribution < -0.4 is 5.32 Å². The van der Waals surface area contributed by atoms with Crippen LogP contribution in [0.1, 0.15) is 40.2 Å². The van der Waals surface area contributed by atoms with Gasteiger partial charge in [-0.3, -0.25) is 4.79 Å². The summed E-state index contributed by atoms with van der Waals surface area (Å²) in [4.78, 5) is 12.5. The molecule has 0 bridgehead atoms. The highest BCUT2D eigenvalue weighted by Gasteiger charge is 2.25. The molecule has 120 valence electrons. The Morgan fingerprint density at radius 3 is 2.46 bits per heavy atom. The van der Waals surface area contributed by atoms with Gasteiger partial charge in [-0.05, 0) is 66.5 Å². The number of fused-ring (bicyclic) bond motifs is 1. The molecule has 1 N–H and O–H groups in total. The molecule has 0 aliphatic heterocycles. The molecule has 24 heavy (non-hydrogen) atoms. The molecule has 1 aliphatic rings. The molecule has 1 saturated carbocycles. The zero-order chi connectivity index (χ0) is 16.7. The third-order valence-corrected chi connectivity index (χ3v) is 4.67. The number of rotatable bonds is 3. The van der Waals surface area contributed by atoms with Gasteiger partial charge in [-0.1, -0.05) is 30.3 Å². The summed E-state index contributed by atoms with van der Waals surface area (Å²) in [5.74, 6) is 0.0847. The number of carbonyl (C=O) groups excluding carboxylic acids is 1. The van der Waals surface area contributed by atoms with Crippen LogP contribution in [-0.4, -0.2) is 5.91 Å². The van der Waals surface area contributed by atoms with Crippen LogP contribution in [0.5, 0.6) is 0 Å². The highest BCUT2D eigenvalue weighted by molar-refractivity contribution is 6.10. The molecule has 0 aromatic heterocycles. The van der Waals surface area contributed by atoms with Gasteiger partial charge < -0.3 is 5.32 Å². The topological polar surface area (TPSA) is 29.1 Å². The number of benzene rings is 3. The second-order valence-electron chi connectivity index (χ2n) is 6.44. The van der Waals surface area contributed by atoms with Crippen LogP contribution in [0, 0.1) is 12.7 Å². The molecule has 0 atom stereocenters. The number of carbonyl (C=O) groups is 1. The van der Waals surface area contributed by atoms with Gasteiger partial charge in [-0.25, -0.2) is 4.39 Å². The van der Waals surface area contributed by atoms with Gasteiger partial charge in [-0.2, -0.15) is 0 Å². The lowest BCUT2D eigenvalue weighted by atomic mass is 9.97. The Morgan fingerprint density at radius 1 is 1.00 bits per heavy atom. The van der Waals surface area contributed by atoms with Gasteiger partial charge in [-0.15, -0.1) is 0 Å². The van der Waals surface area contributed by atoms with Crippen molar-refractivity contribution in [1.29, 1.82) is 0 Å². The van der Waals surface area contributed by atoms with E-state index in [1.165, 1.54) is 48.1 Å². The Bertz CT molecular complexity index is 926. The van der Waals surface area contributed by atoms with E-state index < -0.39 is 0 Å². The summed E-state index contributed by atoms with van der Waals surface area (Å²) >= 11 is 0. The summed E-state index contributed by atoms with van der Waals surface area (Å²) in [6.45, 7) is 1.99. The van der Waals surface area contributed by atoms with E-state index >= 15 is 0 Å². The number of amides is 1. The van der Waals surface area contributed by atoms with Crippen LogP contribution in [-0.2, 0) is 0 Å². The first-order chi connectivity index (χ1) is 11.6. The van der Waals surface area contributed by atoms with Crippen LogP contribution in [0.25, 0.3) is 10.8 Å². The van der Waals surface area contributed by atoms with E-state index in [2.05, 4.69) is 35.6 Å². The molecule has 1 amide bonds. The number of aryl methyl sites for hydroxylation is 1. The molecule has 3 aromatic rings. The summed E-state index contributed by atoms with van der Waals surface area (Å²) in [5, 5.41) is 5.29. The van der Waals surface area contributed by atoms with Crippen molar-refractivity contribution < 1.29 is 9.18 Å². The van der Waals surface area contributed by atoms with Crippen molar-refractivity contribution in [3.63, 3.8) is 0 Å². The van der Waals surface area contributed by atoms with Gasteiger partial charge in [0, 0.05) is 10.9 Å². The number of nitrogens with one attached hydrogen (secondary N) is 1. The zero-order valence-electron chi connectivity index (χ0n) is 13.5. The number of anilines is 1. The van der Waals surface area contributed by atoms with Crippen LogP contribution in [0.3, 0.4) is 0 Å². The minimum Gasteiger partial charge on any atom is -0.321 e. The minimum atomic E-state index is -0.345. The molecule has 1 aliphatic carbocycles. The summed E-state index contributed by atoms with van der Waals surface area (Å²) in [6, 6.07) is 16.1. The second kappa shape index (κ2) is 5.75. The molecule has 0 heterocycles. The van der Waals surface area contributed by atoms with E-state index in [4.69, 9.17) is 0 Å². The van der Waals surface area contributed by atoms with Gasteiger partial charge in [0.1, 0.15) is 5.82 Å². The SMILES string of the molecule is Cc1ccc2c(C3CC3)cccc2c1NC(=O)c1ccc(F)cc1. The largest absolute Gasteiger partial charge is 0.321 e. The predicted molar refractivity (Wildman–Crippen MR) is 95.0 cm³/mol. The zero-order valence-corrected chi connectivity index (χ0v) is 13.5. The highest BCUT2D eigenvalue weighted by atomic mass is 19.1. The van der Waals surface area contributed by atoms with E-state index in [0.29, 0.717) is 11.5 Å². The molecule has 2 nitrogen and oxygen atoms in total. The normalized spacial score (nSPS) is 13.9. The van der Waals surface area contributed by atoms with Crippen LogP contribution in [0.4, 0.5) is 10.1 Å². The first kappa shape index (κ1) is 14.9. The number of halogens is 1. The summed E-state index contributed by atoms with van der Waals surface area (Å²) in [5.41, 5.74) is 3.67. The van der Waals surface area contributed by atoms with Gasteiger partial charge >= 0.3 is 0 Å². The van der Waals surface area contributed by atoms with Crippen LogP contribution >= 0.6 is 0 Å². The third kappa shape index (κ3) is 2.67. The highest BCUT2D eigenvalue weighted by Crippen LogP contribution is 2.44. The molecule has 0 spiro atoms. The molecule has 3 aromatic carbocycles. The summed E-state index contributed by atoms with van der Waals surface area (Å²) in [6.07, 6.45) is 2.48. The first-order valence-electron chi connectivity index (χ1n) is 8.22. The van der Waals surface area contributed by atoms with Crippen molar-refractivity contribution in [3.05, 3.63) is 77.1 Å². The van der Waals surface area contributed by atoms with Crippen molar-refractivity contribution >= 4 is 22.4 Å². The lowest BCUT2D eigenvalue weighted by Gasteiger charge is -2.14. The Balaban J connectivity index is 1.75. The van der Waals surface area contributed by atoms with E-state index in [0.717, 1.165) is 16.6 Å². The standard InChI is InChI=1S/C21H18FNO/c1-13-5-12-18-17(14-6-7-14)3-2-4-19(18)20(13)23-21(24)15-8-10-16(22)11-9-15/h2-5,8-12,14H,6-7H2,1H3,(H,23,24). The van der Waals surface area contributed by atoms with Crippen molar-refractivity contribution in [2.24, 2.45) is 0 Å². The van der Waals surface area contributed by atoms with Crippen molar-refractivity contribution in [2.45, 2.75) is 25.7 Å². The fourth-order valence-corrected chi connectivity index (χ4v) is 3.19. The van der Waals surface area contributed by atoms with Crippen molar-refractivity contribution in [3.8, 4) is 0 Å². The van der Waals surface area contributed by atoms with Gasteiger partial charge in [0.15, 0.2) is 0 Å². The first-order valence-corrected chi connectivity index (χ1v) is 8.22. The number of hydrogen-bond acceptors (Lipinski definition) is 1. The average molecular weight is 319 g/mol. The maximum absolute atomic E-state index is 13.0. The van der Waals surface area contributed by atoms with E-state index in [1.807, 2.05) is 6.92 Å². The van der Waals surface area contributed by atoms with E-state index in [9.17, 15) is 9.18 Å². The second-order valence-corrected chi connectivity index (χ2v) is 6.44. The Morgan fingerprint density at radius 2 is 1.75 bits per heavy atom. The van der Waals surface area contributed by atoms with E-state index in [1.54, 1.807) is 0 Å². The van der Waals surface area contributed by atoms with Crippen LogP contribution in [0.2, 0.25) is 0 Å². The lowest BCUT2D eigenvalue weighted by molar-refractivity contribution is 0.102. The van der Waals surface area contributed by atoms with Gasteiger partial charge in [0.2, 0.25) is 0 Å². The fourth-order valence-electron chi connectivity index (χ4n) is 3.19. The average Bonchev–Trinajstić information content (AvgIpc) is 3.42. The maximum Gasteiger partial charge on any atom is 0.255 e. The molecule has 4 rings (SSSR count).